The third-order valence-electron chi connectivity index (χ3n) is 6.47. The summed E-state index contributed by atoms with van der Waals surface area (Å²) in [6, 6.07) is 1.22. The van der Waals surface area contributed by atoms with E-state index in [0.29, 0.717) is 24.2 Å². The molecule has 7 nitrogen and oxygen atoms in total. The summed E-state index contributed by atoms with van der Waals surface area (Å²) in [5.74, 6) is -3.13. The number of ether oxygens (including phenoxy) is 1. The number of nitrogens with one attached hydrogen (secondary N) is 1. The zero-order chi connectivity index (χ0) is 24.5. The van der Waals surface area contributed by atoms with E-state index < -0.39 is 24.3 Å². The van der Waals surface area contributed by atoms with E-state index in [0.717, 1.165) is 0 Å². The van der Waals surface area contributed by atoms with Crippen LogP contribution in [0.1, 0.15) is 73.5 Å². The molecule has 0 aromatic carbocycles. The molecule has 0 radical (unpaired) electrons. The van der Waals surface area contributed by atoms with Crippen molar-refractivity contribution in [2.24, 2.45) is 7.05 Å². The number of alkyl halides is 5. The first-order valence-electron chi connectivity index (χ1n) is 11.3. The van der Waals surface area contributed by atoms with Crippen molar-refractivity contribution in [1.82, 2.24) is 24.8 Å². The van der Waals surface area contributed by atoms with Gasteiger partial charge in [-0.2, -0.15) is 0 Å². The summed E-state index contributed by atoms with van der Waals surface area (Å²) in [7, 11) is 1.75. The van der Waals surface area contributed by atoms with Crippen LogP contribution < -0.4 is 5.32 Å². The Kier molecular flexibility index (Phi) is 6.88. The zero-order valence-corrected chi connectivity index (χ0v) is 18.6. The van der Waals surface area contributed by atoms with Gasteiger partial charge in [0.2, 0.25) is 5.92 Å². The van der Waals surface area contributed by atoms with E-state index in [4.69, 9.17) is 0 Å². The van der Waals surface area contributed by atoms with E-state index in [9.17, 15) is 26.7 Å². The summed E-state index contributed by atoms with van der Waals surface area (Å²) in [4.78, 5) is 26.0. The summed E-state index contributed by atoms with van der Waals surface area (Å²) < 4.78 is 70.4. The number of hydrogen-bond donors (Lipinski definition) is 1. The van der Waals surface area contributed by atoms with Gasteiger partial charge in [0.05, 0.1) is 18.6 Å². The Balaban J connectivity index is 1.50. The number of nitrogens with zero attached hydrogens (tertiary/aromatic N) is 4. The van der Waals surface area contributed by atoms with Gasteiger partial charge in [0.1, 0.15) is 11.4 Å². The number of hydrogen-bond acceptors (Lipinski definition) is 5. The molecule has 0 atom stereocenters. The largest absolute Gasteiger partial charge is 0.522 e. The number of halogens is 5. The van der Waals surface area contributed by atoms with E-state index in [1.54, 1.807) is 24.1 Å². The van der Waals surface area contributed by atoms with Gasteiger partial charge >= 0.3 is 6.36 Å². The first kappa shape index (κ1) is 24.5. The van der Waals surface area contributed by atoms with Gasteiger partial charge in [-0.15, -0.1) is 13.2 Å². The Bertz CT molecular complexity index is 1010. The molecule has 2 heterocycles. The van der Waals surface area contributed by atoms with Crippen LogP contribution in [0.25, 0.3) is 11.5 Å². The molecule has 2 aromatic rings. The molecule has 4 rings (SSSR count). The summed E-state index contributed by atoms with van der Waals surface area (Å²) in [5, 5.41) is 2.84. The van der Waals surface area contributed by atoms with Crippen molar-refractivity contribution in [2.75, 3.05) is 0 Å². The molecule has 1 N–H and O–H groups in total. The van der Waals surface area contributed by atoms with Gasteiger partial charge in [0, 0.05) is 37.5 Å². The normalized spacial score (nSPS) is 23.6. The maximum absolute atomic E-state index is 13.7. The minimum Gasteiger partial charge on any atom is -0.348 e. The predicted octanol–water partition coefficient (Wildman–Crippen LogP) is 4.75. The lowest BCUT2D eigenvalue weighted by Crippen LogP contribution is -2.40. The van der Waals surface area contributed by atoms with Crippen molar-refractivity contribution in [1.29, 1.82) is 0 Å². The minimum atomic E-state index is -4.68. The van der Waals surface area contributed by atoms with E-state index in [1.165, 1.54) is 6.07 Å². The Morgan fingerprint density at radius 3 is 2.38 bits per heavy atom. The van der Waals surface area contributed by atoms with Crippen LogP contribution in [0.5, 0.6) is 0 Å². The first-order chi connectivity index (χ1) is 16.0. The van der Waals surface area contributed by atoms with Crippen LogP contribution in [0.3, 0.4) is 0 Å². The highest BCUT2D eigenvalue weighted by Crippen LogP contribution is 2.40. The lowest BCUT2D eigenvalue weighted by Gasteiger charge is -2.29. The van der Waals surface area contributed by atoms with Crippen molar-refractivity contribution < 1.29 is 31.5 Å². The molecule has 0 aliphatic heterocycles. The molecule has 1 amide bonds. The summed E-state index contributed by atoms with van der Waals surface area (Å²) in [6.45, 7) is 0. The van der Waals surface area contributed by atoms with Crippen LogP contribution in [0, 0.1) is 0 Å². The number of carbonyl (C=O) groups is 1. The minimum absolute atomic E-state index is 0.0900. The van der Waals surface area contributed by atoms with E-state index in [-0.39, 0.29) is 62.0 Å². The molecule has 2 aliphatic carbocycles. The average Bonchev–Trinajstić information content (AvgIpc) is 3.19. The van der Waals surface area contributed by atoms with Gasteiger partial charge < -0.3 is 9.88 Å². The predicted molar refractivity (Wildman–Crippen MR) is 111 cm³/mol. The van der Waals surface area contributed by atoms with Crippen LogP contribution in [0.4, 0.5) is 22.0 Å². The molecule has 0 unspecified atom stereocenters. The third kappa shape index (κ3) is 6.08. The number of amides is 1. The quantitative estimate of drug-likeness (QED) is 0.616. The maximum atomic E-state index is 13.7. The third-order valence-corrected chi connectivity index (χ3v) is 6.47. The Labute approximate surface area is 193 Å². The van der Waals surface area contributed by atoms with E-state index in [1.807, 2.05) is 0 Å². The summed E-state index contributed by atoms with van der Waals surface area (Å²) >= 11 is 0. The van der Waals surface area contributed by atoms with Crippen molar-refractivity contribution in [3.63, 3.8) is 0 Å². The molecule has 2 aliphatic rings. The monoisotopic (exact) mass is 487 g/mol. The van der Waals surface area contributed by atoms with Gasteiger partial charge in [-0.25, -0.2) is 23.7 Å². The van der Waals surface area contributed by atoms with Crippen molar-refractivity contribution in [3.8, 4) is 11.5 Å². The van der Waals surface area contributed by atoms with Crippen LogP contribution in [0.2, 0.25) is 0 Å². The molecule has 2 aromatic heterocycles. The van der Waals surface area contributed by atoms with Crippen LogP contribution >= 0.6 is 0 Å². The Morgan fingerprint density at radius 2 is 1.79 bits per heavy atom. The lowest BCUT2D eigenvalue weighted by atomic mass is 9.84. The molecule has 0 spiro atoms. The lowest BCUT2D eigenvalue weighted by molar-refractivity contribution is -0.345. The second kappa shape index (κ2) is 9.55. The molecule has 12 heteroatoms. The number of aryl methyl sites for hydroxylation is 1. The standard InChI is InChI=1S/C22H26F5N5O2/c1-32-12-28-11-18(32)19-30-16(13-6-8-21(23,24)9-7-13)10-17(31-19)20(33)29-14-2-4-15(5-3-14)34-22(25,26)27/h10-15H,2-9H2,1H3,(H,29,33)/t14-,15-. The highest BCUT2D eigenvalue weighted by Gasteiger charge is 2.37. The molecule has 34 heavy (non-hydrogen) atoms. The first-order valence-corrected chi connectivity index (χ1v) is 11.3. The number of aromatic nitrogens is 4. The van der Waals surface area contributed by atoms with Gasteiger partial charge in [-0.1, -0.05) is 0 Å². The summed E-state index contributed by atoms with van der Waals surface area (Å²) in [6.07, 6.45) is -1.42. The zero-order valence-electron chi connectivity index (χ0n) is 18.6. The van der Waals surface area contributed by atoms with Crippen LogP contribution in [0.15, 0.2) is 18.6 Å². The molecular weight excluding hydrogens is 461 g/mol. The van der Waals surface area contributed by atoms with E-state index >= 15 is 0 Å². The van der Waals surface area contributed by atoms with Crippen molar-refractivity contribution >= 4 is 5.91 Å². The fourth-order valence-corrected chi connectivity index (χ4v) is 4.59. The second-order valence-corrected chi connectivity index (χ2v) is 9.03. The molecule has 0 bridgehead atoms. The molecule has 2 fully saturated rings. The Morgan fingerprint density at radius 1 is 1.12 bits per heavy atom. The number of imidazole rings is 1. The van der Waals surface area contributed by atoms with Gasteiger partial charge in [-0.05, 0) is 44.6 Å². The highest BCUT2D eigenvalue weighted by molar-refractivity contribution is 5.93. The highest BCUT2D eigenvalue weighted by atomic mass is 19.4. The van der Waals surface area contributed by atoms with Gasteiger partial charge in [-0.3, -0.25) is 9.53 Å². The Hall–Kier alpha value is -2.63. The summed E-state index contributed by atoms with van der Waals surface area (Å²) in [5.41, 5.74) is 1.18. The number of rotatable bonds is 5. The fourth-order valence-electron chi connectivity index (χ4n) is 4.59. The fraction of sp³-hybridized carbons (Fsp3) is 0.636. The maximum Gasteiger partial charge on any atom is 0.522 e. The van der Waals surface area contributed by atoms with Gasteiger partial charge in [0.15, 0.2) is 5.82 Å². The number of carbonyl (C=O) groups excluding carboxylic acids is 1. The molecule has 0 saturated heterocycles. The second-order valence-electron chi connectivity index (χ2n) is 9.03. The van der Waals surface area contributed by atoms with Crippen LogP contribution in [-0.2, 0) is 11.8 Å². The van der Waals surface area contributed by atoms with Gasteiger partial charge in [0.25, 0.3) is 5.91 Å². The smallest absolute Gasteiger partial charge is 0.348 e. The molecule has 186 valence electrons. The SMILES string of the molecule is Cn1cncc1-c1nc(C(=O)N[C@H]2CC[C@H](OC(F)(F)F)CC2)cc(C2CCC(F)(F)CC2)n1. The topological polar surface area (TPSA) is 81.9 Å². The van der Waals surface area contributed by atoms with E-state index in [2.05, 4.69) is 25.0 Å². The van der Waals surface area contributed by atoms with Crippen molar-refractivity contribution in [3.05, 3.63) is 30.0 Å². The van der Waals surface area contributed by atoms with Crippen LogP contribution in [-0.4, -0.2) is 49.9 Å². The van der Waals surface area contributed by atoms with Crippen molar-refractivity contribution in [2.45, 2.75) is 81.7 Å². The molecular formula is C22H26F5N5O2. The average molecular weight is 487 g/mol. The molecule has 2 saturated carbocycles.